The first-order valence-corrected chi connectivity index (χ1v) is 6.72. The van der Waals surface area contributed by atoms with Crippen LogP contribution in [0.25, 0.3) is 0 Å². The maximum absolute atomic E-state index is 12.1. The monoisotopic (exact) mass is 327 g/mol. The summed E-state index contributed by atoms with van der Waals surface area (Å²) in [5.41, 5.74) is 0.730. The number of carbonyl (C=O) groups excluding carboxylic acids is 1. The first-order chi connectivity index (χ1) is 8.62. The number of hydrogen-bond donors (Lipinski definition) is 2. The number of carbonyl (C=O) groups is 2. The molecule has 1 aromatic carbocycles. The van der Waals surface area contributed by atoms with Gasteiger partial charge in [-0.05, 0) is 36.1 Å². The highest BCUT2D eigenvalue weighted by Crippen LogP contribution is 2.21. The molecule has 4 nitrogen and oxygen atoms in total. The zero-order valence-electron chi connectivity index (χ0n) is 11.5. The van der Waals surface area contributed by atoms with Crippen LogP contribution in [0.4, 0.5) is 0 Å². The van der Waals surface area contributed by atoms with Gasteiger partial charge in [-0.2, -0.15) is 0 Å². The Hall–Kier alpha value is -1.36. The summed E-state index contributed by atoms with van der Waals surface area (Å²) in [5, 5.41) is 11.8. The average Bonchev–Trinajstić information content (AvgIpc) is 2.23. The van der Waals surface area contributed by atoms with Crippen molar-refractivity contribution < 1.29 is 14.7 Å². The van der Waals surface area contributed by atoms with E-state index in [4.69, 9.17) is 0 Å². The molecular weight excluding hydrogens is 310 g/mol. The second-order valence-electron chi connectivity index (χ2n) is 5.57. The van der Waals surface area contributed by atoms with Crippen LogP contribution in [-0.2, 0) is 4.79 Å². The van der Waals surface area contributed by atoms with Gasteiger partial charge in [0.1, 0.15) is 6.04 Å². The highest BCUT2D eigenvalue weighted by Gasteiger charge is 2.32. The van der Waals surface area contributed by atoms with E-state index in [0.29, 0.717) is 5.56 Å². The van der Waals surface area contributed by atoms with Gasteiger partial charge in [-0.3, -0.25) is 4.79 Å². The Morgan fingerprint density at radius 3 is 2.32 bits per heavy atom. The fraction of sp³-hybridized carbons (Fsp3) is 0.429. The highest BCUT2D eigenvalue weighted by molar-refractivity contribution is 9.10. The summed E-state index contributed by atoms with van der Waals surface area (Å²) in [4.78, 5) is 23.4. The third-order valence-corrected chi connectivity index (χ3v) is 3.31. The normalized spacial score (nSPS) is 12.9. The van der Waals surface area contributed by atoms with Gasteiger partial charge in [0.2, 0.25) is 0 Å². The number of aliphatic carboxylic acids is 1. The van der Waals surface area contributed by atoms with E-state index in [-0.39, 0.29) is 5.91 Å². The Kier molecular flexibility index (Phi) is 4.74. The smallest absolute Gasteiger partial charge is 0.326 e. The Labute approximate surface area is 121 Å². The van der Waals surface area contributed by atoms with Crippen LogP contribution in [0.2, 0.25) is 0 Å². The maximum atomic E-state index is 12.1. The van der Waals surface area contributed by atoms with Crippen LogP contribution in [0.15, 0.2) is 22.7 Å². The molecule has 1 rings (SSSR count). The Morgan fingerprint density at radius 1 is 1.32 bits per heavy atom. The second-order valence-corrected chi connectivity index (χ2v) is 6.49. The van der Waals surface area contributed by atoms with E-state index in [1.807, 2.05) is 13.0 Å². The van der Waals surface area contributed by atoms with Crippen LogP contribution in [0.1, 0.15) is 36.7 Å². The molecule has 1 amide bonds. The Balaban J connectivity index is 2.98. The van der Waals surface area contributed by atoms with Crippen LogP contribution < -0.4 is 5.32 Å². The molecule has 1 atom stereocenters. The number of carboxylic acids is 1. The Morgan fingerprint density at radius 2 is 1.89 bits per heavy atom. The van der Waals surface area contributed by atoms with Gasteiger partial charge in [0.25, 0.3) is 5.91 Å². The molecule has 2 N–H and O–H groups in total. The molecule has 0 aliphatic heterocycles. The fourth-order valence-electron chi connectivity index (χ4n) is 1.74. The van der Waals surface area contributed by atoms with Gasteiger partial charge in [0, 0.05) is 10.0 Å². The minimum atomic E-state index is -1.03. The predicted molar refractivity (Wildman–Crippen MR) is 77.2 cm³/mol. The predicted octanol–water partition coefficient (Wildman–Crippen LogP) is 2.99. The lowest BCUT2D eigenvalue weighted by atomic mass is 9.86. The van der Waals surface area contributed by atoms with Crippen LogP contribution >= 0.6 is 15.9 Å². The van der Waals surface area contributed by atoms with Crippen molar-refractivity contribution in [2.75, 3.05) is 0 Å². The van der Waals surface area contributed by atoms with Gasteiger partial charge in [0.15, 0.2) is 0 Å². The molecule has 0 aliphatic rings. The first-order valence-electron chi connectivity index (χ1n) is 5.92. The summed E-state index contributed by atoms with van der Waals surface area (Å²) in [6.07, 6.45) is 0. The number of aryl methyl sites for hydroxylation is 1. The molecule has 0 saturated heterocycles. The van der Waals surface area contributed by atoms with Crippen molar-refractivity contribution >= 4 is 27.8 Å². The van der Waals surface area contributed by atoms with Gasteiger partial charge in [-0.1, -0.05) is 36.7 Å². The van der Waals surface area contributed by atoms with Crippen molar-refractivity contribution in [3.63, 3.8) is 0 Å². The van der Waals surface area contributed by atoms with E-state index in [1.54, 1.807) is 32.9 Å². The summed E-state index contributed by atoms with van der Waals surface area (Å²) in [7, 11) is 0. The van der Waals surface area contributed by atoms with E-state index < -0.39 is 17.4 Å². The number of benzene rings is 1. The SMILES string of the molecule is Cc1cc(Br)ccc1C(=O)N[C@H](C(=O)O)C(C)(C)C. The largest absolute Gasteiger partial charge is 0.480 e. The maximum Gasteiger partial charge on any atom is 0.326 e. The summed E-state index contributed by atoms with van der Waals surface area (Å²) < 4.78 is 0.882. The van der Waals surface area contributed by atoms with Crippen molar-refractivity contribution in [2.45, 2.75) is 33.7 Å². The molecule has 19 heavy (non-hydrogen) atoms. The minimum absolute atomic E-state index is 0.368. The summed E-state index contributed by atoms with van der Waals surface area (Å²) in [6, 6.07) is 4.33. The topological polar surface area (TPSA) is 66.4 Å². The minimum Gasteiger partial charge on any atom is -0.480 e. The van der Waals surface area contributed by atoms with Crippen molar-refractivity contribution in [1.82, 2.24) is 5.32 Å². The number of amides is 1. The van der Waals surface area contributed by atoms with Crippen LogP contribution in [0, 0.1) is 12.3 Å². The third-order valence-electron chi connectivity index (χ3n) is 2.82. The molecular formula is C14H18BrNO3. The van der Waals surface area contributed by atoms with Gasteiger partial charge in [-0.25, -0.2) is 4.79 Å². The number of halogens is 1. The lowest BCUT2D eigenvalue weighted by Crippen LogP contribution is -2.49. The quantitative estimate of drug-likeness (QED) is 0.896. The first kappa shape index (κ1) is 15.7. The zero-order chi connectivity index (χ0) is 14.8. The van der Waals surface area contributed by atoms with Gasteiger partial charge in [-0.15, -0.1) is 0 Å². The van der Waals surface area contributed by atoms with Crippen LogP contribution in [-0.4, -0.2) is 23.0 Å². The van der Waals surface area contributed by atoms with E-state index in [0.717, 1.165) is 10.0 Å². The Bertz CT molecular complexity index is 506. The third kappa shape index (κ3) is 4.06. The molecule has 0 aromatic heterocycles. The van der Waals surface area contributed by atoms with Gasteiger partial charge < -0.3 is 10.4 Å². The molecule has 104 valence electrons. The van der Waals surface area contributed by atoms with E-state index in [1.165, 1.54) is 0 Å². The van der Waals surface area contributed by atoms with Crippen molar-refractivity contribution in [3.8, 4) is 0 Å². The number of nitrogens with one attached hydrogen (secondary N) is 1. The number of hydrogen-bond acceptors (Lipinski definition) is 2. The zero-order valence-corrected chi connectivity index (χ0v) is 13.0. The van der Waals surface area contributed by atoms with Crippen molar-refractivity contribution in [1.29, 1.82) is 0 Å². The molecule has 5 heteroatoms. The molecule has 0 radical (unpaired) electrons. The fourth-order valence-corrected chi connectivity index (χ4v) is 2.21. The second kappa shape index (κ2) is 5.74. The summed E-state index contributed by atoms with van der Waals surface area (Å²) >= 11 is 3.33. The van der Waals surface area contributed by atoms with E-state index in [9.17, 15) is 14.7 Å². The summed E-state index contributed by atoms with van der Waals surface area (Å²) in [6.45, 7) is 7.15. The number of rotatable bonds is 3. The molecule has 0 fully saturated rings. The molecule has 0 heterocycles. The average molecular weight is 328 g/mol. The van der Waals surface area contributed by atoms with Crippen LogP contribution in [0.3, 0.4) is 0 Å². The molecule has 0 bridgehead atoms. The van der Waals surface area contributed by atoms with E-state index >= 15 is 0 Å². The highest BCUT2D eigenvalue weighted by atomic mass is 79.9. The van der Waals surface area contributed by atoms with Crippen molar-refractivity contribution in [2.24, 2.45) is 5.41 Å². The van der Waals surface area contributed by atoms with Crippen LogP contribution in [0.5, 0.6) is 0 Å². The molecule has 0 saturated carbocycles. The standard InChI is InChI=1S/C14H18BrNO3/c1-8-7-9(15)5-6-10(8)12(17)16-11(13(18)19)14(2,3)4/h5-7,11H,1-4H3,(H,16,17)(H,18,19)/t11-/m1/s1. The molecule has 0 unspecified atom stereocenters. The molecule has 0 spiro atoms. The lowest BCUT2D eigenvalue weighted by Gasteiger charge is -2.28. The van der Waals surface area contributed by atoms with Gasteiger partial charge >= 0.3 is 5.97 Å². The van der Waals surface area contributed by atoms with Gasteiger partial charge in [0.05, 0.1) is 0 Å². The molecule has 0 aliphatic carbocycles. The van der Waals surface area contributed by atoms with Crippen molar-refractivity contribution in [3.05, 3.63) is 33.8 Å². The number of carboxylic acid groups (broad SMARTS) is 1. The van der Waals surface area contributed by atoms with E-state index in [2.05, 4.69) is 21.2 Å². The summed E-state index contributed by atoms with van der Waals surface area (Å²) in [5.74, 6) is -1.40. The molecule has 1 aromatic rings. The lowest BCUT2D eigenvalue weighted by molar-refractivity contribution is -0.142.